The number of carbonyl (C=O) groups excluding carboxylic acids is 2. The molecule has 1 aromatic rings. The van der Waals surface area contributed by atoms with Crippen LogP contribution < -0.4 is 5.32 Å². The number of hydrogen-bond acceptors (Lipinski definition) is 3. The van der Waals surface area contributed by atoms with E-state index in [0.29, 0.717) is 11.3 Å². The second kappa shape index (κ2) is 6.34. The van der Waals surface area contributed by atoms with Crippen molar-refractivity contribution >= 4 is 29.9 Å². The minimum absolute atomic E-state index is 0.446. The average molecular weight is 246 g/mol. The van der Waals surface area contributed by atoms with Gasteiger partial charge in [0.15, 0.2) is 0 Å². The van der Waals surface area contributed by atoms with Crippen LogP contribution in [0.5, 0.6) is 0 Å². The number of carboxylic acid groups (broad SMARTS) is 1. The van der Waals surface area contributed by atoms with E-state index < -0.39 is 17.8 Å². The van der Waals surface area contributed by atoms with Gasteiger partial charge in [-0.15, -0.1) is 0 Å². The van der Waals surface area contributed by atoms with Gasteiger partial charge in [0.05, 0.1) is 0 Å². The van der Waals surface area contributed by atoms with Crippen LogP contribution in [0, 0.1) is 5.92 Å². The molecule has 5 nitrogen and oxygen atoms in total. The van der Waals surface area contributed by atoms with Crippen molar-refractivity contribution in [3.05, 3.63) is 35.9 Å². The van der Waals surface area contributed by atoms with E-state index in [-0.39, 0.29) is 0 Å². The molecule has 2 N–H and O–H groups in total. The van der Waals surface area contributed by atoms with Crippen LogP contribution in [-0.2, 0) is 14.4 Å². The standard InChI is InChI=1S/C13H12NO4/c1-9(13(17)18)12(16)14-11-7-3-2-5-10(11)6-4-8-15/h2-7,9H,1H3,(H,14,16)(H,17,18)/b6-4+. The Morgan fingerprint density at radius 1 is 1.39 bits per heavy atom. The molecule has 0 aliphatic rings. The number of carboxylic acids is 1. The average Bonchev–Trinajstić information content (AvgIpc) is 2.36. The van der Waals surface area contributed by atoms with E-state index in [1.807, 2.05) is 0 Å². The highest BCUT2D eigenvalue weighted by molar-refractivity contribution is 6.04. The lowest BCUT2D eigenvalue weighted by Crippen LogP contribution is -2.27. The number of hydrogen-bond donors (Lipinski definition) is 2. The van der Waals surface area contributed by atoms with Gasteiger partial charge in [-0.1, -0.05) is 18.2 Å². The Labute approximate surface area is 104 Å². The Hall–Kier alpha value is -2.43. The molecule has 0 bridgehead atoms. The molecule has 1 unspecified atom stereocenters. The lowest BCUT2D eigenvalue weighted by atomic mass is 10.1. The van der Waals surface area contributed by atoms with Gasteiger partial charge in [0.2, 0.25) is 12.2 Å². The number of carbonyl (C=O) groups is 2. The molecule has 0 saturated carbocycles. The molecule has 0 fully saturated rings. The van der Waals surface area contributed by atoms with Crippen LogP contribution in [-0.4, -0.2) is 23.3 Å². The molecule has 0 spiro atoms. The fourth-order valence-electron chi connectivity index (χ4n) is 1.23. The fraction of sp³-hybridized carbons (Fsp3) is 0.154. The van der Waals surface area contributed by atoms with Gasteiger partial charge in [0.1, 0.15) is 5.92 Å². The molecule has 18 heavy (non-hydrogen) atoms. The van der Waals surface area contributed by atoms with Crippen LogP contribution in [0.15, 0.2) is 30.3 Å². The van der Waals surface area contributed by atoms with Gasteiger partial charge >= 0.3 is 5.97 Å². The summed E-state index contributed by atoms with van der Waals surface area (Å²) >= 11 is 0. The maximum absolute atomic E-state index is 11.6. The summed E-state index contributed by atoms with van der Waals surface area (Å²) in [6.07, 6.45) is 4.25. The van der Waals surface area contributed by atoms with Crippen LogP contribution in [0.2, 0.25) is 0 Å². The Bertz CT molecular complexity index is 494. The molecule has 5 heteroatoms. The maximum Gasteiger partial charge on any atom is 0.315 e. The number of rotatable bonds is 5. The van der Waals surface area contributed by atoms with Crippen molar-refractivity contribution in [1.82, 2.24) is 0 Å². The first-order chi connectivity index (χ1) is 8.56. The molecule has 0 aromatic heterocycles. The largest absolute Gasteiger partial charge is 0.481 e. The first-order valence-electron chi connectivity index (χ1n) is 5.23. The predicted molar refractivity (Wildman–Crippen MR) is 66.6 cm³/mol. The number of para-hydroxylation sites is 1. The molecular formula is C13H12NO4. The van der Waals surface area contributed by atoms with E-state index in [0.717, 1.165) is 0 Å². The van der Waals surface area contributed by atoms with E-state index in [1.54, 1.807) is 30.6 Å². The number of allylic oxidation sites excluding steroid dienone is 1. The maximum atomic E-state index is 11.6. The van der Waals surface area contributed by atoms with E-state index in [4.69, 9.17) is 5.11 Å². The highest BCUT2D eigenvalue weighted by Gasteiger charge is 2.20. The van der Waals surface area contributed by atoms with Crippen molar-refractivity contribution in [3.8, 4) is 0 Å². The normalized spacial score (nSPS) is 12.1. The molecule has 93 valence electrons. The summed E-state index contributed by atoms with van der Waals surface area (Å²) in [4.78, 5) is 32.4. The van der Waals surface area contributed by atoms with Gasteiger partial charge in [-0.25, -0.2) is 0 Å². The van der Waals surface area contributed by atoms with E-state index >= 15 is 0 Å². The van der Waals surface area contributed by atoms with Gasteiger partial charge in [0, 0.05) is 5.69 Å². The Balaban J connectivity index is 2.90. The number of anilines is 1. The Morgan fingerprint density at radius 3 is 2.67 bits per heavy atom. The first-order valence-corrected chi connectivity index (χ1v) is 5.23. The summed E-state index contributed by atoms with van der Waals surface area (Å²) < 4.78 is 0. The topological polar surface area (TPSA) is 83.5 Å². The zero-order valence-corrected chi connectivity index (χ0v) is 9.71. The molecule has 0 heterocycles. The summed E-state index contributed by atoms with van der Waals surface area (Å²) in [6, 6.07) is 6.75. The monoisotopic (exact) mass is 246 g/mol. The van der Waals surface area contributed by atoms with Gasteiger partial charge in [0.25, 0.3) is 0 Å². The molecule has 1 radical (unpaired) electrons. The Morgan fingerprint density at radius 2 is 2.06 bits per heavy atom. The van der Waals surface area contributed by atoms with Gasteiger partial charge in [-0.3, -0.25) is 14.4 Å². The predicted octanol–water partition coefficient (Wildman–Crippen LogP) is 1.47. The quantitative estimate of drug-likeness (QED) is 0.608. The minimum Gasteiger partial charge on any atom is -0.481 e. The Kier molecular flexibility index (Phi) is 4.80. The number of aliphatic carboxylic acids is 1. The van der Waals surface area contributed by atoms with Crippen molar-refractivity contribution in [1.29, 1.82) is 0 Å². The molecule has 1 aromatic carbocycles. The first kappa shape index (κ1) is 13.6. The minimum atomic E-state index is -1.19. The second-order valence-corrected chi connectivity index (χ2v) is 3.59. The van der Waals surface area contributed by atoms with E-state index in [9.17, 15) is 14.4 Å². The van der Waals surface area contributed by atoms with Crippen molar-refractivity contribution < 1.29 is 19.5 Å². The summed E-state index contributed by atoms with van der Waals surface area (Å²) in [6.45, 7) is 1.30. The van der Waals surface area contributed by atoms with E-state index in [2.05, 4.69) is 5.32 Å². The van der Waals surface area contributed by atoms with E-state index in [1.165, 1.54) is 19.1 Å². The van der Waals surface area contributed by atoms with Crippen molar-refractivity contribution in [2.45, 2.75) is 6.92 Å². The third-order valence-corrected chi connectivity index (χ3v) is 2.31. The van der Waals surface area contributed by atoms with Gasteiger partial charge < -0.3 is 10.4 Å². The van der Waals surface area contributed by atoms with Crippen molar-refractivity contribution in [2.75, 3.05) is 5.32 Å². The van der Waals surface area contributed by atoms with Crippen LogP contribution in [0.1, 0.15) is 12.5 Å². The summed E-state index contributed by atoms with van der Waals surface area (Å²) in [5.74, 6) is -2.94. The smallest absolute Gasteiger partial charge is 0.315 e. The van der Waals surface area contributed by atoms with Crippen LogP contribution in [0.4, 0.5) is 5.69 Å². The molecule has 0 aliphatic carbocycles. The summed E-state index contributed by atoms with van der Waals surface area (Å²) in [5, 5.41) is 11.2. The summed E-state index contributed by atoms with van der Waals surface area (Å²) in [5.41, 5.74) is 1.05. The van der Waals surface area contributed by atoms with Crippen LogP contribution in [0.25, 0.3) is 6.08 Å². The van der Waals surface area contributed by atoms with Crippen LogP contribution >= 0.6 is 0 Å². The molecule has 1 rings (SSSR count). The molecular weight excluding hydrogens is 234 g/mol. The van der Waals surface area contributed by atoms with Crippen LogP contribution in [0.3, 0.4) is 0 Å². The lowest BCUT2D eigenvalue weighted by molar-refractivity contribution is -0.144. The zero-order chi connectivity index (χ0) is 13.5. The fourth-order valence-corrected chi connectivity index (χ4v) is 1.23. The zero-order valence-electron chi connectivity index (χ0n) is 9.71. The van der Waals surface area contributed by atoms with Crippen molar-refractivity contribution in [3.63, 3.8) is 0 Å². The van der Waals surface area contributed by atoms with Gasteiger partial charge in [-0.2, -0.15) is 0 Å². The summed E-state index contributed by atoms with van der Waals surface area (Å²) in [7, 11) is 0. The third-order valence-electron chi connectivity index (χ3n) is 2.31. The SMILES string of the molecule is CC(C(=O)O)C(=O)Nc1ccccc1/C=C/[C]=O. The molecule has 1 atom stereocenters. The van der Waals surface area contributed by atoms with Crippen molar-refractivity contribution in [2.24, 2.45) is 5.92 Å². The third kappa shape index (κ3) is 3.55. The highest BCUT2D eigenvalue weighted by atomic mass is 16.4. The molecule has 0 saturated heterocycles. The molecule has 1 amide bonds. The number of benzene rings is 1. The lowest BCUT2D eigenvalue weighted by Gasteiger charge is -2.10. The van der Waals surface area contributed by atoms with Gasteiger partial charge in [-0.05, 0) is 30.7 Å². The number of nitrogens with one attached hydrogen (secondary N) is 1. The number of amides is 1. The molecule has 0 aliphatic heterocycles. The second-order valence-electron chi connectivity index (χ2n) is 3.59. The highest BCUT2D eigenvalue weighted by Crippen LogP contribution is 2.17.